The molecule has 0 saturated heterocycles. The van der Waals surface area contributed by atoms with Crippen molar-refractivity contribution in [2.24, 2.45) is 10.2 Å². The number of hydrogen-bond donors (Lipinski definition) is 1. The lowest BCUT2D eigenvalue weighted by Crippen LogP contribution is -2.12. The zero-order valence-corrected chi connectivity index (χ0v) is 9.36. The number of hydrogen-bond acceptors (Lipinski definition) is 6. The van der Waals surface area contributed by atoms with Crippen LogP contribution in [0.1, 0.15) is 10.6 Å². The van der Waals surface area contributed by atoms with Gasteiger partial charge in [0.15, 0.2) is 0 Å². The van der Waals surface area contributed by atoms with Gasteiger partial charge in [-0.25, -0.2) is 9.89 Å². The monoisotopic (exact) mass is 235 g/mol. The van der Waals surface area contributed by atoms with Crippen LogP contribution in [0.5, 0.6) is 0 Å². The second-order valence-electron chi connectivity index (χ2n) is 3.03. The molecule has 82 valence electrons. The Morgan fingerprint density at radius 3 is 3.19 bits per heavy atom. The van der Waals surface area contributed by atoms with Crippen LogP contribution >= 0.6 is 11.3 Å². The molecule has 7 heteroatoms. The summed E-state index contributed by atoms with van der Waals surface area (Å²) in [5.41, 5.74) is 0.0326. The highest BCUT2D eigenvalue weighted by Gasteiger charge is 2.00. The van der Waals surface area contributed by atoms with Gasteiger partial charge in [-0.1, -0.05) is 6.07 Å². The molecule has 0 atom stereocenters. The molecule has 0 amide bonds. The van der Waals surface area contributed by atoms with Crippen molar-refractivity contribution < 1.29 is 0 Å². The predicted molar refractivity (Wildman–Crippen MR) is 59.9 cm³/mol. The molecule has 0 bridgehead atoms. The molecular weight excluding hydrogens is 226 g/mol. The Kier molecular flexibility index (Phi) is 3.16. The third-order valence-electron chi connectivity index (χ3n) is 1.82. The number of thiophene rings is 1. The molecule has 2 aromatic rings. The fraction of sp³-hybridized carbons (Fsp3) is 0.222. The zero-order valence-electron chi connectivity index (χ0n) is 8.54. The summed E-state index contributed by atoms with van der Waals surface area (Å²) < 4.78 is 0. The number of aromatic amines is 1. The van der Waals surface area contributed by atoms with Gasteiger partial charge in [-0.15, -0.1) is 16.5 Å². The summed E-state index contributed by atoms with van der Waals surface area (Å²) in [7, 11) is 0. The first-order valence-corrected chi connectivity index (χ1v) is 5.47. The highest BCUT2D eigenvalue weighted by Crippen LogP contribution is 2.13. The maximum absolute atomic E-state index is 10.9. The molecule has 16 heavy (non-hydrogen) atoms. The van der Waals surface area contributed by atoms with Crippen LogP contribution in [-0.4, -0.2) is 15.2 Å². The Hall–Kier alpha value is -1.89. The first-order chi connectivity index (χ1) is 7.75. The van der Waals surface area contributed by atoms with Gasteiger partial charge in [0.25, 0.3) is 0 Å². The average molecular weight is 235 g/mol. The SMILES string of the molecule is Cc1n[nH]c(=O)nc1N=NCc1cccs1. The molecule has 6 nitrogen and oxygen atoms in total. The van der Waals surface area contributed by atoms with Crippen molar-refractivity contribution in [1.29, 1.82) is 0 Å². The van der Waals surface area contributed by atoms with Crippen LogP contribution in [0.2, 0.25) is 0 Å². The van der Waals surface area contributed by atoms with E-state index < -0.39 is 5.69 Å². The summed E-state index contributed by atoms with van der Waals surface area (Å²) in [5.74, 6) is 0.264. The lowest BCUT2D eigenvalue weighted by molar-refractivity contribution is 0.855. The maximum Gasteiger partial charge on any atom is 0.363 e. The van der Waals surface area contributed by atoms with E-state index in [2.05, 4.69) is 25.4 Å². The summed E-state index contributed by atoms with van der Waals surface area (Å²) >= 11 is 1.61. The van der Waals surface area contributed by atoms with Crippen molar-refractivity contribution in [3.63, 3.8) is 0 Å². The van der Waals surface area contributed by atoms with Gasteiger partial charge < -0.3 is 0 Å². The van der Waals surface area contributed by atoms with Gasteiger partial charge in [-0.2, -0.15) is 15.2 Å². The normalized spacial score (nSPS) is 11.1. The topological polar surface area (TPSA) is 83.4 Å². The Morgan fingerprint density at radius 2 is 2.44 bits per heavy atom. The average Bonchev–Trinajstić information content (AvgIpc) is 2.76. The summed E-state index contributed by atoms with van der Waals surface area (Å²) in [6, 6.07) is 3.92. The van der Waals surface area contributed by atoms with Crippen molar-refractivity contribution in [1.82, 2.24) is 15.2 Å². The molecule has 0 radical (unpaired) electrons. The van der Waals surface area contributed by atoms with Crippen molar-refractivity contribution in [3.05, 3.63) is 38.6 Å². The minimum absolute atomic E-state index is 0.264. The third-order valence-corrected chi connectivity index (χ3v) is 2.68. The molecule has 0 spiro atoms. The molecule has 0 aromatic carbocycles. The molecule has 0 saturated carbocycles. The second-order valence-corrected chi connectivity index (χ2v) is 4.06. The van der Waals surface area contributed by atoms with Crippen molar-refractivity contribution in [2.45, 2.75) is 13.5 Å². The highest BCUT2D eigenvalue weighted by atomic mass is 32.1. The van der Waals surface area contributed by atoms with Crippen LogP contribution < -0.4 is 5.69 Å². The third kappa shape index (κ3) is 2.57. The molecule has 0 aliphatic carbocycles. The van der Waals surface area contributed by atoms with E-state index in [0.717, 1.165) is 4.88 Å². The van der Waals surface area contributed by atoms with Gasteiger partial charge in [-0.05, 0) is 18.4 Å². The van der Waals surface area contributed by atoms with Gasteiger partial charge >= 0.3 is 5.69 Å². The molecule has 2 aromatic heterocycles. The zero-order chi connectivity index (χ0) is 11.4. The molecule has 0 fully saturated rings. The largest absolute Gasteiger partial charge is 0.363 e. The quantitative estimate of drug-likeness (QED) is 0.823. The van der Waals surface area contributed by atoms with E-state index in [1.165, 1.54) is 0 Å². The Morgan fingerprint density at radius 1 is 1.56 bits per heavy atom. The van der Waals surface area contributed by atoms with Gasteiger partial charge in [0.2, 0.25) is 5.82 Å². The second kappa shape index (κ2) is 4.75. The first kappa shape index (κ1) is 10.6. The fourth-order valence-corrected chi connectivity index (χ4v) is 1.67. The molecule has 0 aliphatic heterocycles. The minimum Gasteiger partial charge on any atom is -0.244 e. The summed E-state index contributed by atoms with van der Waals surface area (Å²) in [5, 5.41) is 15.8. The van der Waals surface area contributed by atoms with Crippen LogP contribution in [0, 0.1) is 6.92 Å². The van der Waals surface area contributed by atoms with E-state index in [0.29, 0.717) is 12.2 Å². The van der Waals surface area contributed by atoms with Crippen LogP contribution in [-0.2, 0) is 6.54 Å². The van der Waals surface area contributed by atoms with E-state index in [4.69, 9.17) is 0 Å². The number of nitrogens with one attached hydrogen (secondary N) is 1. The van der Waals surface area contributed by atoms with E-state index in [1.807, 2.05) is 17.5 Å². The Labute approximate surface area is 95.1 Å². The summed E-state index contributed by atoms with van der Waals surface area (Å²) in [6.45, 7) is 2.20. The lowest BCUT2D eigenvalue weighted by Gasteiger charge is -1.93. The van der Waals surface area contributed by atoms with Gasteiger partial charge in [-0.3, -0.25) is 0 Å². The molecule has 2 heterocycles. The predicted octanol–water partition coefficient (Wildman–Crippen LogP) is 1.82. The van der Waals surface area contributed by atoms with Gasteiger partial charge in [0, 0.05) is 4.88 Å². The van der Waals surface area contributed by atoms with Gasteiger partial charge in [0.05, 0.1) is 6.54 Å². The van der Waals surface area contributed by atoms with Crippen molar-refractivity contribution in [3.8, 4) is 0 Å². The number of rotatable bonds is 3. The maximum atomic E-state index is 10.9. The van der Waals surface area contributed by atoms with E-state index in [9.17, 15) is 4.79 Å². The number of nitrogens with zero attached hydrogens (tertiary/aromatic N) is 4. The van der Waals surface area contributed by atoms with Crippen LogP contribution in [0.4, 0.5) is 5.82 Å². The molecule has 1 N–H and O–H groups in total. The molecule has 2 rings (SSSR count). The Bertz CT molecular complexity index is 545. The number of aryl methyl sites for hydroxylation is 1. The van der Waals surface area contributed by atoms with Gasteiger partial charge in [0.1, 0.15) is 5.69 Å². The van der Waals surface area contributed by atoms with Crippen LogP contribution in [0.3, 0.4) is 0 Å². The Balaban J connectivity index is 2.11. The first-order valence-electron chi connectivity index (χ1n) is 4.59. The molecule has 0 aliphatic rings. The van der Waals surface area contributed by atoms with E-state index in [1.54, 1.807) is 18.3 Å². The number of aromatic nitrogens is 3. The van der Waals surface area contributed by atoms with E-state index >= 15 is 0 Å². The smallest absolute Gasteiger partial charge is 0.244 e. The van der Waals surface area contributed by atoms with E-state index in [-0.39, 0.29) is 5.82 Å². The molecule has 0 unspecified atom stereocenters. The summed E-state index contributed by atoms with van der Waals surface area (Å²) in [4.78, 5) is 15.7. The summed E-state index contributed by atoms with van der Waals surface area (Å²) in [6.07, 6.45) is 0. The fourth-order valence-electron chi connectivity index (χ4n) is 1.05. The van der Waals surface area contributed by atoms with Crippen LogP contribution in [0.15, 0.2) is 32.5 Å². The lowest BCUT2D eigenvalue weighted by atomic mass is 10.5. The number of azo groups is 1. The highest BCUT2D eigenvalue weighted by molar-refractivity contribution is 7.09. The van der Waals surface area contributed by atoms with Crippen molar-refractivity contribution in [2.75, 3.05) is 0 Å². The number of H-pyrrole nitrogens is 1. The minimum atomic E-state index is -0.518. The van der Waals surface area contributed by atoms with Crippen LogP contribution in [0.25, 0.3) is 0 Å². The van der Waals surface area contributed by atoms with Crippen molar-refractivity contribution >= 4 is 17.2 Å². The molecular formula is C9H9N5OS. The standard InChI is InChI=1S/C9H9N5OS/c1-6-8(11-9(15)14-12-6)13-10-5-7-3-2-4-16-7/h2-4H,5H2,1H3,(H,11,14,15).